The van der Waals surface area contributed by atoms with Gasteiger partial charge in [0.2, 0.25) is 0 Å². The Morgan fingerprint density at radius 1 is 1.28 bits per heavy atom. The van der Waals surface area contributed by atoms with Gasteiger partial charge in [0.05, 0.1) is 16.0 Å². The Morgan fingerprint density at radius 3 is 2.72 bits per heavy atom. The smallest absolute Gasteiger partial charge is 0.278 e. The lowest BCUT2D eigenvalue weighted by Crippen LogP contribution is -2.15. The third-order valence-corrected chi connectivity index (χ3v) is 4.35. The van der Waals surface area contributed by atoms with Crippen LogP contribution in [0, 0.1) is 5.82 Å². The van der Waals surface area contributed by atoms with E-state index < -0.39 is 5.91 Å². The molecule has 2 aromatic heterocycles. The molecule has 0 unspecified atom stereocenters. The first-order valence-electron chi connectivity index (χ1n) is 7.48. The number of halogens is 3. The molecule has 6 nitrogen and oxygen atoms in total. The van der Waals surface area contributed by atoms with Crippen LogP contribution in [0.1, 0.15) is 23.0 Å². The number of aryl methyl sites for hydroxylation is 1. The predicted octanol–water partition coefficient (Wildman–Crippen LogP) is 3.96. The minimum Gasteiger partial charge on any atom is -0.303 e. The number of amides is 1. The number of benzene rings is 1. The van der Waals surface area contributed by atoms with Gasteiger partial charge in [0, 0.05) is 24.5 Å². The second-order valence-electron chi connectivity index (χ2n) is 5.25. The van der Waals surface area contributed by atoms with Gasteiger partial charge in [-0.05, 0) is 28.9 Å². The molecule has 1 aromatic carbocycles. The maximum atomic E-state index is 13.7. The molecule has 0 aliphatic rings. The van der Waals surface area contributed by atoms with Crippen molar-refractivity contribution in [1.82, 2.24) is 19.6 Å². The lowest BCUT2D eigenvalue weighted by atomic mass is 10.2. The third kappa shape index (κ3) is 3.91. The Hall–Kier alpha value is -2.19. The average Bonchev–Trinajstić information content (AvgIpc) is 3.12. The second-order valence-corrected chi connectivity index (χ2v) is 6.51. The molecule has 25 heavy (non-hydrogen) atoms. The van der Waals surface area contributed by atoms with Crippen molar-refractivity contribution < 1.29 is 9.18 Å². The van der Waals surface area contributed by atoms with Crippen molar-refractivity contribution in [3.05, 3.63) is 63.2 Å². The van der Waals surface area contributed by atoms with Crippen LogP contribution in [0.5, 0.6) is 0 Å². The van der Waals surface area contributed by atoms with Gasteiger partial charge < -0.3 is 5.32 Å². The topological polar surface area (TPSA) is 64.7 Å². The van der Waals surface area contributed by atoms with Crippen LogP contribution in [0.15, 0.2) is 41.1 Å². The molecule has 0 bridgehead atoms. The first-order chi connectivity index (χ1) is 12.0. The van der Waals surface area contributed by atoms with Crippen LogP contribution in [-0.2, 0) is 13.1 Å². The van der Waals surface area contributed by atoms with Gasteiger partial charge in [-0.1, -0.05) is 29.8 Å². The van der Waals surface area contributed by atoms with Gasteiger partial charge in [-0.25, -0.2) is 4.39 Å². The molecule has 0 saturated carbocycles. The van der Waals surface area contributed by atoms with E-state index in [0.29, 0.717) is 22.4 Å². The highest BCUT2D eigenvalue weighted by atomic mass is 79.9. The molecule has 1 amide bonds. The van der Waals surface area contributed by atoms with Gasteiger partial charge in [0.15, 0.2) is 11.5 Å². The van der Waals surface area contributed by atoms with Crippen molar-refractivity contribution in [2.75, 3.05) is 5.32 Å². The summed E-state index contributed by atoms with van der Waals surface area (Å²) in [5.74, 6) is -0.464. The second kappa shape index (κ2) is 7.37. The molecule has 0 fully saturated rings. The maximum Gasteiger partial charge on any atom is 0.278 e. The summed E-state index contributed by atoms with van der Waals surface area (Å²) in [4.78, 5) is 12.3. The van der Waals surface area contributed by atoms with E-state index in [-0.39, 0.29) is 23.1 Å². The molecular weight excluding hydrogens is 413 g/mol. The number of aromatic nitrogens is 4. The molecule has 1 N–H and O–H groups in total. The van der Waals surface area contributed by atoms with Crippen molar-refractivity contribution in [2.45, 2.75) is 20.0 Å². The zero-order valence-electron chi connectivity index (χ0n) is 13.2. The lowest BCUT2D eigenvalue weighted by Gasteiger charge is -2.03. The van der Waals surface area contributed by atoms with Crippen LogP contribution < -0.4 is 5.32 Å². The molecule has 3 rings (SSSR count). The standard InChI is InChI=1S/C16H14BrClFN5O/c1-2-23-9-12(18)14(21-23)16(25)20-15-11(17)8-24(22-15)7-10-5-3-4-6-13(10)19/h3-6,8-9H,2,7H2,1H3,(H,20,22,25). The van der Waals surface area contributed by atoms with E-state index in [0.717, 1.165) is 0 Å². The number of anilines is 1. The summed E-state index contributed by atoms with van der Waals surface area (Å²) in [5.41, 5.74) is 0.624. The Kier molecular flexibility index (Phi) is 5.19. The van der Waals surface area contributed by atoms with Crippen molar-refractivity contribution in [2.24, 2.45) is 0 Å². The number of carbonyl (C=O) groups is 1. The maximum absolute atomic E-state index is 13.7. The average molecular weight is 427 g/mol. The Labute approximate surface area is 156 Å². The molecule has 0 saturated heterocycles. The summed E-state index contributed by atoms with van der Waals surface area (Å²) >= 11 is 9.37. The zero-order chi connectivity index (χ0) is 18.0. The van der Waals surface area contributed by atoms with Crippen molar-refractivity contribution in [3.8, 4) is 0 Å². The van der Waals surface area contributed by atoms with Gasteiger partial charge in [-0.15, -0.1) is 0 Å². The minimum absolute atomic E-state index is 0.124. The first-order valence-corrected chi connectivity index (χ1v) is 8.65. The normalized spacial score (nSPS) is 10.9. The molecule has 3 aromatic rings. The monoisotopic (exact) mass is 425 g/mol. The molecular formula is C16H14BrClFN5O. The van der Waals surface area contributed by atoms with Gasteiger partial charge in [-0.3, -0.25) is 14.2 Å². The highest BCUT2D eigenvalue weighted by molar-refractivity contribution is 9.10. The molecule has 0 aliphatic carbocycles. The van der Waals surface area contributed by atoms with Crippen LogP contribution in [0.4, 0.5) is 10.2 Å². The Morgan fingerprint density at radius 2 is 2.04 bits per heavy atom. The SMILES string of the molecule is CCn1cc(Cl)c(C(=O)Nc2nn(Cc3ccccc3F)cc2Br)n1. The first kappa shape index (κ1) is 17.6. The fourth-order valence-electron chi connectivity index (χ4n) is 2.24. The predicted molar refractivity (Wildman–Crippen MR) is 96.3 cm³/mol. The number of carbonyl (C=O) groups excluding carboxylic acids is 1. The summed E-state index contributed by atoms with van der Waals surface area (Å²) in [7, 11) is 0. The highest BCUT2D eigenvalue weighted by Crippen LogP contribution is 2.23. The molecule has 130 valence electrons. The summed E-state index contributed by atoms with van der Waals surface area (Å²) < 4.78 is 17.4. The molecule has 9 heteroatoms. The zero-order valence-corrected chi connectivity index (χ0v) is 15.6. The summed E-state index contributed by atoms with van der Waals surface area (Å²) in [6.45, 7) is 2.74. The fourth-order valence-corrected chi connectivity index (χ4v) is 2.89. The minimum atomic E-state index is -0.464. The third-order valence-electron chi connectivity index (χ3n) is 3.50. The largest absolute Gasteiger partial charge is 0.303 e. The fraction of sp³-hybridized carbons (Fsp3) is 0.188. The van der Waals surface area contributed by atoms with E-state index in [2.05, 4.69) is 31.4 Å². The molecule has 0 spiro atoms. The molecule has 0 radical (unpaired) electrons. The van der Waals surface area contributed by atoms with E-state index in [1.807, 2.05) is 6.92 Å². The van der Waals surface area contributed by atoms with Gasteiger partial charge in [0.1, 0.15) is 5.82 Å². The lowest BCUT2D eigenvalue weighted by molar-refractivity contribution is 0.102. The van der Waals surface area contributed by atoms with E-state index in [4.69, 9.17) is 11.6 Å². The van der Waals surface area contributed by atoms with Crippen molar-refractivity contribution in [1.29, 1.82) is 0 Å². The van der Waals surface area contributed by atoms with Gasteiger partial charge in [-0.2, -0.15) is 10.2 Å². The van der Waals surface area contributed by atoms with Crippen LogP contribution in [0.25, 0.3) is 0 Å². The van der Waals surface area contributed by atoms with E-state index in [9.17, 15) is 9.18 Å². The number of hydrogen-bond donors (Lipinski definition) is 1. The number of nitrogens with zero attached hydrogens (tertiary/aromatic N) is 4. The van der Waals surface area contributed by atoms with Crippen LogP contribution in [0.3, 0.4) is 0 Å². The molecule has 0 aliphatic heterocycles. The number of nitrogens with one attached hydrogen (secondary N) is 1. The van der Waals surface area contributed by atoms with Crippen molar-refractivity contribution in [3.63, 3.8) is 0 Å². The highest BCUT2D eigenvalue weighted by Gasteiger charge is 2.18. The van der Waals surface area contributed by atoms with E-state index in [1.54, 1.807) is 35.3 Å². The number of rotatable bonds is 5. The van der Waals surface area contributed by atoms with Crippen molar-refractivity contribution >= 4 is 39.3 Å². The summed E-state index contributed by atoms with van der Waals surface area (Å²) in [6, 6.07) is 6.46. The summed E-state index contributed by atoms with van der Waals surface area (Å²) in [6.07, 6.45) is 3.25. The van der Waals surface area contributed by atoms with E-state index in [1.165, 1.54) is 10.7 Å². The molecule has 0 atom stereocenters. The number of hydrogen-bond acceptors (Lipinski definition) is 3. The van der Waals surface area contributed by atoms with Gasteiger partial charge >= 0.3 is 0 Å². The van der Waals surface area contributed by atoms with Crippen LogP contribution in [-0.4, -0.2) is 25.5 Å². The Bertz CT molecular complexity index is 923. The van der Waals surface area contributed by atoms with Crippen LogP contribution >= 0.6 is 27.5 Å². The van der Waals surface area contributed by atoms with E-state index >= 15 is 0 Å². The van der Waals surface area contributed by atoms with Gasteiger partial charge in [0.25, 0.3) is 5.91 Å². The summed E-state index contributed by atoms with van der Waals surface area (Å²) in [5, 5.41) is 11.3. The Balaban J connectivity index is 1.77. The van der Waals surface area contributed by atoms with Crippen LogP contribution in [0.2, 0.25) is 5.02 Å². The molecule has 2 heterocycles. The quantitative estimate of drug-likeness (QED) is 0.672.